The first-order valence-electron chi connectivity index (χ1n) is 9.55. The summed E-state index contributed by atoms with van der Waals surface area (Å²) in [5.41, 5.74) is 1.14. The minimum atomic E-state index is -1.68. The number of aryl methyl sites for hydroxylation is 1. The minimum absolute atomic E-state index is 0.0420. The van der Waals surface area contributed by atoms with Crippen molar-refractivity contribution in [2.75, 3.05) is 12.4 Å². The predicted octanol–water partition coefficient (Wildman–Crippen LogP) is -4.47. The number of aliphatic hydroxyl groups is 4. The number of carbonyl (C=O) groups excluding carboxylic acids is 1. The van der Waals surface area contributed by atoms with Crippen molar-refractivity contribution in [3.05, 3.63) is 26.7 Å². The molecule has 3 rings (SSSR count). The fourth-order valence-corrected chi connectivity index (χ4v) is 3.24. The number of aromatic nitrogens is 7. The van der Waals surface area contributed by atoms with Crippen LogP contribution in [-0.2, 0) is 25.4 Å². The van der Waals surface area contributed by atoms with Gasteiger partial charge in [-0.15, -0.1) is 15.3 Å². The molecule has 3 aromatic heterocycles. The molecule has 0 aliphatic rings. The van der Waals surface area contributed by atoms with Gasteiger partial charge in [-0.2, -0.15) is 5.10 Å². The molecule has 1 amide bonds. The summed E-state index contributed by atoms with van der Waals surface area (Å²) in [6.07, 6.45) is -4.06. The predicted molar refractivity (Wildman–Crippen MR) is 114 cm³/mol. The monoisotopic (exact) mass is 499 g/mol. The van der Waals surface area contributed by atoms with E-state index in [0.717, 1.165) is 22.5 Å². The number of nitrogens with zero attached hydrogens (tertiary/aromatic N) is 8. The third-order valence-corrected chi connectivity index (χ3v) is 5.34. The molecule has 0 fully saturated rings. The van der Waals surface area contributed by atoms with Crippen molar-refractivity contribution in [1.29, 1.82) is 0 Å². The summed E-state index contributed by atoms with van der Waals surface area (Å²) in [4.78, 5) is 36.3. The summed E-state index contributed by atoms with van der Waals surface area (Å²) in [5, 5.41) is 55.8. The number of hydrogen-bond donors (Lipinski definition) is 5. The van der Waals surface area contributed by atoms with Gasteiger partial charge >= 0.3 is 5.69 Å². The molecule has 0 aliphatic carbocycles. The fourth-order valence-electron chi connectivity index (χ4n) is 2.67. The van der Waals surface area contributed by atoms with E-state index in [4.69, 9.17) is 9.52 Å². The number of aliphatic hydroxyl groups excluding tert-OH is 4. The summed E-state index contributed by atoms with van der Waals surface area (Å²) < 4.78 is 8.75. The molecule has 3 atom stereocenters. The molecule has 18 heteroatoms. The summed E-state index contributed by atoms with van der Waals surface area (Å²) >= 11 is 0.882. The second-order valence-corrected chi connectivity index (χ2v) is 7.85. The Bertz CT molecular complexity index is 1310. The molecule has 5 N–H and O–H groups in total. The zero-order valence-electron chi connectivity index (χ0n) is 17.8. The maximum absolute atomic E-state index is 12.4. The van der Waals surface area contributed by atoms with E-state index in [1.165, 1.54) is 23.3 Å². The normalized spacial score (nSPS) is 14.5. The SMILES string of the molecule is Cn1c(=O)c2c(nnn2Cc2nnc(SCC(=O)N/N=C/[C@H](O)[C@@H](O)[C@H](O)CO)o2)n(C)c1=O. The molecule has 3 aromatic rings. The number of rotatable bonds is 10. The molecule has 34 heavy (non-hydrogen) atoms. The lowest BCUT2D eigenvalue weighted by molar-refractivity contribution is -0.118. The van der Waals surface area contributed by atoms with E-state index in [2.05, 4.69) is 31.0 Å². The Hall–Kier alpha value is -3.45. The van der Waals surface area contributed by atoms with Gasteiger partial charge in [0.15, 0.2) is 11.2 Å². The lowest BCUT2D eigenvalue weighted by Crippen LogP contribution is -2.40. The van der Waals surface area contributed by atoms with Crippen LogP contribution in [0.2, 0.25) is 0 Å². The van der Waals surface area contributed by atoms with Gasteiger partial charge < -0.3 is 24.8 Å². The summed E-state index contributed by atoms with van der Waals surface area (Å²) in [6.45, 7) is -0.863. The van der Waals surface area contributed by atoms with E-state index in [1.54, 1.807) is 0 Å². The standard InChI is InChI=1S/C16H21N9O8S/c1-23-13-11(14(31)24(2)16(23)32)25(22-20-13)4-10-19-21-15(33-10)34-6-9(29)18-17-3-7(27)12(30)8(28)5-26/h3,7-8,12,26-28,30H,4-6H2,1-2H3,(H,18,29)/b17-3+/t7-,8+,12+/m0/s1. The van der Waals surface area contributed by atoms with Crippen molar-refractivity contribution in [3.63, 3.8) is 0 Å². The van der Waals surface area contributed by atoms with Crippen molar-refractivity contribution < 1.29 is 29.6 Å². The first kappa shape index (κ1) is 25.2. The van der Waals surface area contributed by atoms with E-state index in [-0.39, 0.29) is 34.6 Å². The molecular weight excluding hydrogens is 478 g/mol. The number of hydrogen-bond acceptors (Lipinski definition) is 14. The first-order valence-corrected chi connectivity index (χ1v) is 10.5. The average Bonchev–Trinajstić information content (AvgIpc) is 3.46. The molecule has 0 aliphatic heterocycles. The lowest BCUT2D eigenvalue weighted by atomic mass is 10.1. The number of thioether (sulfide) groups is 1. The van der Waals surface area contributed by atoms with Crippen LogP contribution in [0.15, 0.2) is 24.3 Å². The largest absolute Gasteiger partial charge is 0.414 e. The maximum Gasteiger partial charge on any atom is 0.332 e. The first-order chi connectivity index (χ1) is 16.1. The summed E-state index contributed by atoms with van der Waals surface area (Å²) in [5.74, 6) is -0.716. The molecule has 0 unspecified atom stereocenters. The van der Waals surface area contributed by atoms with Crippen molar-refractivity contribution in [2.24, 2.45) is 19.2 Å². The lowest BCUT2D eigenvalue weighted by Gasteiger charge is -2.17. The topological polar surface area (TPSA) is 236 Å². The van der Waals surface area contributed by atoms with Crippen LogP contribution in [0.1, 0.15) is 5.89 Å². The van der Waals surface area contributed by atoms with Gasteiger partial charge in [0.2, 0.25) is 5.89 Å². The smallest absolute Gasteiger partial charge is 0.332 e. The fraction of sp³-hybridized carbons (Fsp3) is 0.500. The van der Waals surface area contributed by atoms with Crippen LogP contribution < -0.4 is 16.7 Å². The van der Waals surface area contributed by atoms with Crippen molar-refractivity contribution in [2.45, 2.75) is 30.1 Å². The molecule has 17 nitrogen and oxygen atoms in total. The Kier molecular flexibility index (Phi) is 7.89. The van der Waals surface area contributed by atoms with Crippen LogP contribution >= 0.6 is 11.8 Å². The molecule has 0 saturated heterocycles. The van der Waals surface area contributed by atoms with Crippen LogP contribution in [0.25, 0.3) is 11.2 Å². The molecule has 3 heterocycles. The van der Waals surface area contributed by atoms with Crippen LogP contribution in [0.3, 0.4) is 0 Å². The molecule has 0 radical (unpaired) electrons. The van der Waals surface area contributed by atoms with Gasteiger partial charge in [0.05, 0.1) is 18.6 Å². The van der Waals surface area contributed by atoms with Crippen LogP contribution in [-0.4, -0.2) is 97.5 Å². The number of hydrazone groups is 1. The van der Waals surface area contributed by atoms with Gasteiger partial charge in [-0.05, 0) is 0 Å². The molecule has 0 spiro atoms. The molecule has 0 saturated carbocycles. The van der Waals surface area contributed by atoms with Crippen molar-refractivity contribution >= 4 is 35.0 Å². The van der Waals surface area contributed by atoms with Gasteiger partial charge in [-0.1, -0.05) is 17.0 Å². The molecule has 184 valence electrons. The average molecular weight is 499 g/mol. The Morgan fingerprint density at radius 1 is 1.21 bits per heavy atom. The maximum atomic E-state index is 12.4. The van der Waals surface area contributed by atoms with Crippen molar-refractivity contribution in [1.82, 2.24) is 39.8 Å². The van der Waals surface area contributed by atoms with Crippen molar-refractivity contribution in [3.8, 4) is 0 Å². The summed E-state index contributed by atoms with van der Waals surface area (Å²) in [7, 11) is 2.79. The van der Waals surface area contributed by atoms with E-state index in [1.807, 2.05) is 0 Å². The van der Waals surface area contributed by atoms with Gasteiger partial charge in [0.1, 0.15) is 24.9 Å². The van der Waals surface area contributed by atoms with E-state index < -0.39 is 42.1 Å². The quantitative estimate of drug-likeness (QED) is 0.101. The highest BCUT2D eigenvalue weighted by molar-refractivity contribution is 7.99. The Balaban J connectivity index is 1.58. The number of fused-ring (bicyclic) bond motifs is 1. The van der Waals surface area contributed by atoms with E-state index in [9.17, 15) is 29.7 Å². The highest BCUT2D eigenvalue weighted by Gasteiger charge is 2.22. The van der Waals surface area contributed by atoms with Gasteiger partial charge in [0, 0.05) is 14.1 Å². The minimum Gasteiger partial charge on any atom is -0.414 e. The zero-order valence-corrected chi connectivity index (χ0v) is 18.7. The Morgan fingerprint density at radius 3 is 2.65 bits per heavy atom. The molecular formula is C16H21N9O8S. The summed E-state index contributed by atoms with van der Waals surface area (Å²) in [6, 6.07) is 0. The van der Waals surface area contributed by atoms with Crippen LogP contribution in [0.4, 0.5) is 0 Å². The second-order valence-electron chi connectivity index (χ2n) is 6.92. The zero-order chi connectivity index (χ0) is 25.0. The molecule has 0 aromatic carbocycles. The molecule has 0 bridgehead atoms. The van der Waals surface area contributed by atoms with Crippen LogP contribution in [0.5, 0.6) is 0 Å². The van der Waals surface area contributed by atoms with Gasteiger partial charge in [-0.3, -0.25) is 18.7 Å². The van der Waals surface area contributed by atoms with Gasteiger partial charge in [-0.25, -0.2) is 14.9 Å². The van der Waals surface area contributed by atoms with Gasteiger partial charge in [0.25, 0.3) is 16.7 Å². The third kappa shape index (κ3) is 5.37. The highest BCUT2D eigenvalue weighted by Crippen LogP contribution is 2.16. The number of carbonyl (C=O) groups is 1. The second kappa shape index (κ2) is 10.7. The Morgan fingerprint density at radius 2 is 1.94 bits per heavy atom. The highest BCUT2D eigenvalue weighted by atomic mass is 32.2. The van der Waals surface area contributed by atoms with E-state index >= 15 is 0 Å². The van der Waals surface area contributed by atoms with Crippen LogP contribution in [0, 0.1) is 0 Å². The number of nitrogens with one attached hydrogen (secondary N) is 1. The third-order valence-electron chi connectivity index (χ3n) is 4.52. The Labute approximate surface area is 193 Å². The number of amides is 1. The van der Waals surface area contributed by atoms with E-state index in [0.29, 0.717) is 0 Å².